The fourth-order valence-electron chi connectivity index (χ4n) is 2.76. The molecule has 1 aromatic heterocycles. The second-order valence-corrected chi connectivity index (χ2v) is 5.93. The first-order valence-corrected chi connectivity index (χ1v) is 8.18. The summed E-state index contributed by atoms with van der Waals surface area (Å²) in [4.78, 5) is 6.12. The zero-order valence-corrected chi connectivity index (χ0v) is 17.4. The first-order chi connectivity index (χ1) is 12.6. The first-order valence-electron chi connectivity index (χ1n) is 8.18. The van der Waals surface area contributed by atoms with Gasteiger partial charge in [0.05, 0.1) is 18.2 Å². The topological polar surface area (TPSA) is 64.6 Å². The van der Waals surface area contributed by atoms with Gasteiger partial charge in [0.25, 0.3) is 0 Å². The van der Waals surface area contributed by atoms with Crippen LogP contribution in [0.4, 0.5) is 4.39 Å². The SMILES string of the molecule is CN=C(NCc1cc(C#N)ccc1F)N(C)Cc1cc2ccccc2o1.I. The van der Waals surface area contributed by atoms with E-state index in [1.165, 1.54) is 18.2 Å². The van der Waals surface area contributed by atoms with Gasteiger partial charge >= 0.3 is 0 Å². The number of nitrogens with zero attached hydrogens (tertiary/aromatic N) is 3. The Labute approximate surface area is 174 Å². The Hall–Kier alpha value is -2.60. The van der Waals surface area contributed by atoms with Crippen LogP contribution in [0.2, 0.25) is 0 Å². The van der Waals surface area contributed by atoms with Crippen molar-refractivity contribution in [2.45, 2.75) is 13.1 Å². The van der Waals surface area contributed by atoms with Crippen LogP contribution in [0.15, 0.2) is 57.9 Å². The van der Waals surface area contributed by atoms with Gasteiger partial charge in [0.15, 0.2) is 5.96 Å². The summed E-state index contributed by atoms with van der Waals surface area (Å²) >= 11 is 0. The van der Waals surface area contributed by atoms with Gasteiger partial charge in [0.2, 0.25) is 0 Å². The second-order valence-electron chi connectivity index (χ2n) is 5.93. The number of guanidine groups is 1. The molecule has 0 atom stereocenters. The molecular weight excluding hydrogens is 458 g/mol. The fourth-order valence-corrected chi connectivity index (χ4v) is 2.76. The normalized spacial score (nSPS) is 11.0. The number of rotatable bonds is 4. The summed E-state index contributed by atoms with van der Waals surface area (Å²) < 4.78 is 19.7. The molecule has 2 aromatic carbocycles. The molecule has 0 fully saturated rings. The molecule has 0 radical (unpaired) electrons. The highest BCUT2D eigenvalue weighted by Crippen LogP contribution is 2.19. The van der Waals surface area contributed by atoms with E-state index in [4.69, 9.17) is 9.68 Å². The van der Waals surface area contributed by atoms with Crippen molar-refractivity contribution in [2.24, 2.45) is 4.99 Å². The van der Waals surface area contributed by atoms with Crippen LogP contribution in [0.3, 0.4) is 0 Å². The Kier molecular flexibility index (Phi) is 7.19. The summed E-state index contributed by atoms with van der Waals surface area (Å²) in [5.74, 6) is 1.06. The van der Waals surface area contributed by atoms with E-state index in [0.29, 0.717) is 23.6 Å². The van der Waals surface area contributed by atoms with E-state index in [2.05, 4.69) is 10.3 Å². The molecule has 140 valence electrons. The molecule has 0 aliphatic carbocycles. The number of nitriles is 1. The van der Waals surface area contributed by atoms with Crippen molar-refractivity contribution in [2.75, 3.05) is 14.1 Å². The fraction of sp³-hybridized carbons (Fsp3) is 0.200. The largest absolute Gasteiger partial charge is 0.459 e. The lowest BCUT2D eigenvalue weighted by molar-refractivity contribution is 0.412. The molecule has 3 rings (SSSR count). The number of hydrogen-bond acceptors (Lipinski definition) is 3. The quantitative estimate of drug-likeness (QED) is 0.346. The Balaban J connectivity index is 0.00000261. The summed E-state index contributed by atoms with van der Waals surface area (Å²) in [6, 6.07) is 16.1. The minimum Gasteiger partial charge on any atom is -0.459 e. The standard InChI is InChI=1S/C20H19FN4O.HI/c1-23-20(24-12-16-9-14(11-22)7-8-18(16)21)25(2)13-17-10-15-5-3-4-6-19(15)26-17;/h3-10H,12-13H2,1-2H3,(H,23,24);1H. The van der Waals surface area contributed by atoms with E-state index >= 15 is 0 Å². The van der Waals surface area contributed by atoms with Gasteiger partial charge in [-0.2, -0.15) is 5.26 Å². The maximum atomic E-state index is 13.9. The van der Waals surface area contributed by atoms with Crippen LogP contribution in [0.1, 0.15) is 16.9 Å². The first kappa shape index (κ1) is 20.7. The van der Waals surface area contributed by atoms with Crippen LogP contribution in [0.25, 0.3) is 11.0 Å². The van der Waals surface area contributed by atoms with Gasteiger partial charge in [0.1, 0.15) is 17.2 Å². The molecule has 1 heterocycles. The summed E-state index contributed by atoms with van der Waals surface area (Å²) in [6.07, 6.45) is 0. The molecule has 0 amide bonds. The highest BCUT2D eigenvalue weighted by atomic mass is 127. The number of aliphatic imine (C=N–C) groups is 1. The van der Waals surface area contributed by atoms with Crippen LogP contribution in [-0.4, -0.2) is 25.0 Å². The van der Waals surface area contributed by atoms with Gasteiger partial charge in [0, 0.05) is 31.6 Å². The Morgan fingerprint density at radius 3 is 2.74 bits per heavy atom. The van der Waals surface area contributed by atoms with E-state index in [0.717, 1.165) is 16.7 Å². The molecule has 0 bridgehead atoms. The third-order valence-electron chi connectivity index (χ3n) is 4.05. The van der Waals surface area contributed by atoms with Gasteiger partial charge in [-0.25, -0.2) is 4.39 Å². The number of halogens is 2. The summed E-state index contributed by atoms with van der Waals surface area (Å²) in [5.41, 5.74) is 1.69. The molecule has 0 saturated carbocycles. The van der Waals surface area contributed by atoms with Gasteiger partial charge in [-0.1, -0.05) is 18.2 Å². The maximum absolute atomic E-state index is 13.9. The van der Waals surface area contributed by atoms with E-state index in [1.807, 2.05) is 48.3 Å². The number of furan rings is 1. The number of para-hydroxylation sites is 1. The van der Waals surface area contributed by atoms with Crippen LogP contribution in [0, 0.1) is 17.1 Å². The molecule has 1 N–H and O–H groups in total. The minimum atomic E-state index is -0.355. The molecule has 0 aliphatic rings. The van der Waals surface area contributed by atoms with Crippen LogP contribution in [-0.2, 0) is 13.1 Å². The maximum Gasteiger partial charge on any atom is 0.194 e. The van der Waals surface area contributed by atoms with Crippen molar-refractivity contribution in [3.8, 4) is 6.07 Å². The Morgan fingerprint density at radius 2 is 2.04 bits per heavy atom. The molecular formula is C20H20FIN4O. The van der Waals surface area contributed by atoms with E-state index in [-0.39, 0.29) is 36.3 Å². The lowest BCUT2D eigenvalue weighted by atomic mass is 10.1. The van der Waals surface area contributed by atoms with Gasteiger partial charge < -0.3 is 14.6 Å². The smallest absolute Gasteiger partial charge is 0.194 e. The predicted octanol–water partition coefficient (Wildman–Crippen LogP) is 4.27. The van der Waals surface area contributed by atoms with E-state index in [9.17, 15) is 4.39 Å². The predicted molar refractivity (Wildman–Crippen MR) is 114 cm³/mol. The zero-order valence-electron chi connectivity index (χ0n) is 15.1. The highest BCUT2D eigenvalue weighted by Gasteiger charge is 2.11. The lowest BCUT2D eigenvalue weighted by Gasteiger charge is -2.21. The molecule has 27 heavy (non-hydrogen) atoms. The Bertz CT molecular complexity index is 960. The molecule has 0 aliphatic heterocycles. The Morgan fingerprint density at radius 1 is 1.26 bits per heavy atom. The van der Waals surface area contributed by atoms with Crippen molar-refractivity contribution in [1.82, 2.24) is 10.2 Å². The van der Waals surface area contributed by atoms with Crippen molar-refractivity contribution in [3.63, 3.8) is 0 Å². The third kappa shape index (κ3) is 4.98. The average molecular weight is 478 g/mol. The number of fused-ring (bicyclic) bond motifs is 1. The van der Waals surface area contributed by atoms with Crippen molar-refractivity contribution >= 4 is 40.9 Å². The van der Waals surface area contributed by atoms with Crippen molar-refractivity contribution in [3.05, 3.63) is 71.2 Å². The van der Waals surface area contributed by atoms with Crippen LogP contribution < -0.4 is 5.32 Å². The van der Waals surface area contributed by atoms with Gasteiger partial charge in [-0.05, 0) is 30.3 Å². The summed E-state index contributed by atoms with van der Waals surface area (Å²) in [5, 5.41) is 13.1. The summed E-state index contributed by atoms with van der Waals surface area (Å²) in [7, 11) is 3.55. The van der Waals surface area contributed by atoms with Crippen LogP contribution >= 0.6 is 24.0 Å². The molecule has 0 unspecified atom stereocenters. The van der Waals surface area contributed by atoms with Crippen molar-refractivity contribution < 1.29 is 8.81 Å². The molecule has 3 aromatic rings. The number of hydrogen-bond donors (Lipinski definition) is 1. The second kappa shape index (κ2) is 9.37. The summed E-state index contributed by atoms with van der Waals surface area (Å²) in [6.45, 7) is 0.758. The lowest BCUT2D eigenvalue weighted by Crippen LogP contribution is -2.38. The highest BCUT2D eigenvalue weighted by molar-refractivity contribution is 14.0. The average Bonchev–Trinajstić information content (AvgIpc) is 3.05. The minimum absolute atomic E-state index is 0. The monoisotopic (exact) mass is 478 g/mol. The van der Waals surface area contributed by atoms with Crippen LogP contribution in [0.5, 0.6) is 0 Å². The van der Waals surface area contributed by atoms with Gasteiger partial charge in [-0.15, -0.1) is 24.0 Å². The molecule has 0 spiro atoms. The number of benzene rings is 2. The third-order valence-corrected chi connectivity index (χ3v) is 4.05. The van der Waals surface area contributed by atoms with E-state index in [1.54, 1.807) is 7.05 Å². The van der Waals surface area contributed by atoms with Crippen molar-refractivity contribution in [1.29, 1.82) is 5.26 Å². The zero-order chi connectivity index (χ0) is 18.5. The van der Waals surface area contributed by atoms with E-state index < -0.39 is 0 Å². The number of nitrogens with one attached hydrogen (secondary N) is 1. The molecule has 5 nitrogen and oxygen atoms in total. The molecule has 7 heteroatoms. The molecule has 0 saturated heterocycles. The van der Waals surface area contributed by atoms with Gasteiger partial charge in [-0.3, -0.25) is 4.99 Å².